The fourth-order valence-electron chi connectivity index (χ4n) is 4.51. The number of para-hydroxylation sites is 1. The Balaban J connectivity index is 1.38. The Kier molecular flexibility index (Phi) is 9.12. The maximum absolute atomic E-state index is 14.6. The molecule has 1 aromatic carbocycles. The average molecular weight is 642 g/mol. The van der Waals surface area contributed by atoms with E-state index in [1.54, 1.807) is 44.2 Å². The summed E-state index contributed by atoms with van der Waals surface area (Å²) in [5.74, 6) is -0.139. The zero-order valence-corrected chi connectivity index (χ0v) is 25.4. The summed E-state index contributed by atoms with van der Waals surface area (Å²) >= 11 is 6.66. The highest BCUT2D eigenvalue weighted by Crippen LogP contribution is 2.49. The van der Waals surface area contributed by atoms with Crippen molar-refractivity contribution >= 4 is 48.2 Å². The number of alkyl halides is 2. The Morgan fingerprint density at radius 2 is 2.02 bits per heavy atom. The third-order valence-corrected chi connectivity index (χ3v) is 8.96. The van der Waals surface area contributed by atoms with Crippen LogP contribution in [-0.2, 0) is 23.4 Å². The van der Waals surface area contributed by atoms with E-state index in [4.69, 9.17) is 35.9 Å². The number of nitrogens with zero attached hydrogens (tertiary/aromatic N) is 4. The molecule has 3 heterocycles. The summed E-state index contributed by atoms with van der Waals surface area (Å²) in [5.41, 5.74) is 6.52. The minimum Gasteiger partial charge on any atom is -0.462 e. The molecule has 2 fully saturated rings. The lowest BCUT2D eigenvalue weighted by molar-refractivity contribution is -0.149. The van der Waals surface area contributed by atoms with E-state index in [2.05, 4.69) is 25.4 Å². The largest absolute Gasteiger partial charge is 0.462 e. The van der Waals surface area contributed by atoms with Gasteiger partial charge in [-0.15, -0.1) is 11.6 Å². The number of aromatic nitrogens is 4. The van der Waals surface area contributed by atoms with Gasteiger partial charge in [0.05, 0.1) is 19.0 Å². The van der Waals surface area contributed by atoms with E-state index < -0.39 is 62.5 Å². The van der Waals surface area contributed by atoms with Crippen molar-refractivity contribution in [2.75, 3.05) is 24.3 Å². The molecule has 0 spiro atoms. The van der Waals surface area contributed by atoms with Crippen LogP contribution in [0.1, 0.15) is 39.8 Å². The second kappa shape index (κ2) is 12.5. The number of fused-ring (bicyclic) bond motifs is 1. The van der Waals surface area contributed by atoms with Gasteiger partial charge in [-0.1, -0.05) is 18.2 Å². The standard InChI is InChI=1S/C26H34ClFN7O7P/c1-14(2)40-23(37)15(3)34-43(38,42-17-7-5-4-6-8-17)39-11-18-20(36)26(27,12-28)24(41-18)35-13-30-19-21(31-16-9-10-16)32-25(29)33-22(19)35/h4-8,13-16,18,20,24,36H,9-12H2,1-3H3,(H,34,38)(H3,29,31,32,33)/t15-,18-,20-,24-,26-,43+/m1/s1. The van der Waals surface area contributed by atoms with Crippen molar-refractivity contribution in [1.29, 1.82) is 0 Å². The number of hydrogen-bond donors (Lipinski definition) is 4. The smallest absolute Gasteiger partial charge is 0.459 e. The van der Waals surface area contributed by atoms with Gasteiger partial charge in [-0.25, -0.2) is 13.9 Å². The van der Waals surface area contributed by atoms with Crippen molar-refractivity contribution in [3.05, 3.63) is 36.7 Å². The number of aliphatic hydroxyl groups excluding tert-OH is 1. The highest BCUT2D eigenvalue weighted by atomic mass is 35.5. The van der Waals surface area contributed by atoms with Gasteiger partial charge in [-0.3, -0.25) is 13.9 Å². The Hall–Kier alpha value is -3.07. The number of carbonyl (C=O) groups excluding carboxylic acids is 1. The van der Waals surface area contributed by atoms with Crippen molar-refractivity contribution in [3.63, 3.8) is 0 Å². The third-order valence-electron chi connectivity index (χ3n) is 6.81. The van der Waals surface area contributed by atoms with E-state index >= 15 is 0 Å². The van der Waals surface area contributed by atoms with Crippen LogP contribution in [0.2, 0.25) is 0 Å². The number of nitrogens with one attached hydrogen (secondary N) is 2. The highest BCUT2D eigenvalue weighted by Gasteiger charge is 2.57. The molecule has 5 N–H and O–H groups in total. The first-order valence-electron chi connectivity index (χ1n) is 13.7. The van der Waals surface area contributed by atoms with Gasteiger partial charge in [-0.2, -0.15) is 15.1 Å². The Bertz CT molecular complexity index is 1500. The Morgan fingerprint density at radius 3 is 2.67 bits per heavy atom. The summed E-state index contributed by atoms with van der Waals surface area (Å²) in [5, 5.41) is 16.9. The molecule has 5 rings (SSSR count). The molecule has 0 bridgehead atoms. The number of aliphatic hydroxyl groups is 1. The number of imidazole rings is 1. The summed E-state index contributed by atoms with van der Waals surface area (Å²) in [6.45, 7) is 3.01. The van der Waals surface area contributed by atoms with Crippen molar-refractivity contribution in [1.82, 2.24) is 24.6 Å². The summed E-state index contributed by atoms with van der Waals surface area (Å²) in [7, 11) is -4.31. The monoisotopic (exact) mass is 641 g/mol. The molecule has 2 aromatic heterocycles. The molecule has 234 valence electrons. The third kappa shape index (κ3) is 6.87. The minimum absolute atomic E-state index is 0.0496. The summed E-state index contributed by atoms with van der Waals surface area (Å²) in [6.07, 6.45) is -1.37. The molecule has 6 atom stereocenters. The first-order chi connectivity index (χ1) is 20.4. The number of nitrogen functional groups attached to an aromatic ring is 1. The maximum atomic E-state index is 14.6. The van der Waals surface area contributed by atoms with E-state index in [9.17, 15) is 18.9 Å². The zero-order valence-electron chi connectivity index (χ0n) is 23.7. The zero-order chi connectivity index (χ0) is 30.9. The van der Waals surface area contributed by atoms with Crippen molar-refractivity contribution < 1.29 is 37.4 Å². The summed E-state index contributed by atoms with van der Waals surface area (Å²) < 4.78 is 52.3. The molecular weight excluding hydrogens is 608 g/mol. The molecule has 2 aliphatic rings. The molecule has 1 aliphatic carbocycles. The molecule has 14 nitrogen and oxygen atoms in total. The number of carbonyl (C=O) groups is 1. The lowest BCUT2D eigenvalue weighted by Gasteiger charge is -2.27. The van der Waals surface area contributed by atoms with Gasteiger partial charge >= 0.3 is 13.7 Å². The molecule has 17 heteroatoms. The summed E-state index contributed by atoms with van der Waals surface area (Å²) in [4.78, 5) is 23.3. The van der Waals surface area contributed by atoms with E-state index in [1.165, 1.54) is 17.8 Å². The SMILES string of the molecule is CC(C)OC(=O)[C@@H](C)N[P@](=O)(OC[C@H]1O[C@@H](n2cnc3c(NC4CC4)nc(N)nc32)[C@@](Cl)(CF)[C@@H]1O)Oc1ccccc1. The van der Waals surface area contributed by atoms with Crippen LogP contribution in [0.5, 0.6) is 5.75 Å². The fraction of sp³-hybridized carbons (Fsp3) is 0.538. The topological polar surface area (TPSA) is 185 Å². The number of nitrogens with two attached hydrogens (primary N) is 1. The Morgan fingerprint density at radius 1 is 1.30 bits per heavy atom. The summed E-state index contributed by atoms with van der Waals surface area (Å²) in [6, 6.07) is 7.28. The van der Waals surface area contributed by atoms with Crippen LogP contribution in [0.4, 0.5) is 16.2 Å². The van der Waals surface area contributed by atoms with Gasteiger partial charge in [0.25, 0.3) is 0 Å². The van der Waals surface area contributed by atoms with Crippen LogP contribution in [0.3, 0.4) is 0 Å². The first kappa shape index (κ1) is 31.4. The molecule has 0 radical (unpaired) electrons. The van der Waals surface area contributed by atoms with E-state index in [0.717, 1.165) is 12.8 Å². The average Bonchev–Trinajstić information content (AvgIpc) is 3.62. The van der Waals surface area contributed by atoms with Crippen LogP contribution in [0.25, 0.3) is 11.2 Å². The maximum Gasteiger partial charge on any atom is 0.459 e. The number of rotatable bonds is 13. The van der Waals surface area contributed by atoms with Gasteiger partial charge in [0.1, 0.15) is 35.5 Å². The fourth-order valence-corrected chi connectivity index (χ4v) is 6.31. The first-order valence-corrected chi connectivity index (χ1v) is 15.7. The molecular formula is C26H34ClFN7O7P. The normalized spacial score (nSPS) is 25.9. The van der Waals surface area contributed by atoms with Gasteiger partial charge in [0.15, 0.2) is 23.2 Å². The number of ether oxygens (including phenoxy) is 2. The van der Waals surface area contributed by atoms with Gasteiger partial charge < -0.3 is 30.2 Å². The van der Waals surface area contributed by atoms with Crippen LogP contribution in [0, 0.1) is 0 Å². The Labute approximate surface area is 252 Å². The minimum atomic E-state index is -4.31. The quantitative estimate of drug-likeness (QED) is 0.121. The lowest BCUT2D eigenvalue weighted by Crippen LogP contribution is -2.44. The van der Waals surface area contributed by atoms with Crippen LogP contribution in [-0.4, -0.2) is 79.1 Å². The highest BCUT2D eigenvalue weighted by molar-refractivity contribution is 7.52. The second-order valence-corrected chi connectivity index (χ2v) is 13.1. The number of hydrogen-bond acceptors (Lipinski definition) is 12. The number of benzene rings is 1. The van der Waals surface area contributed by atoms with E-state index in [-0.39, 0.29) is 23.4 Å². The second-order valence-electron chi connectivity index (χ2n) is 10.7. The van der Waals surface area contributed by atoms with E-state index in [1.807, 2.05) is 0 Å². The lowest BCUT2D eigenvalue weighted by atomic mass is 10.0. The van der Waals surface area contributed by atoms with Crippen LogP contribution < -0.4 is 20.7 Å². The molecule has 0 unspecified atom stereocenters. The van der Waals surface area contributed by atoms with Crippen molar-refractivity contribution in [2.24, 2.45) is 0 Å². The predicted molar refractivity (Wildman–Crippen MR) is 155 cm³/mol. The van der Waals surface area contributed by atoms with Gasteiger partial charge in [0, 0.05) is 6.04 Å². The molecule has 0 amide bonds. The predicted octanol–water partition coefficient (Wildman–Crippen LogP) is 3.32. The van der Waals surface area contributed by atoms with Gasteiger partial charge in [-0.05, 0) is 45.7 Å². The number of anilines is 2. The molecule has 1 aliphatic heterocycles. The van der Waals surface area contributed by atoms with Crippen LogP contribution in [0.15, 0.2) is 36.7 Å². The molecule has 43 heavy (non-hydrogen) atoms. The van der Waals surface area contributed by atoms with E-state index in [0.29, 0.717) is 11.3 Å². The van der Waals surface area contributed by atoms with Crippen LogP contribution >= 0.6 is 19.3 Å². The molecule has 1 saturated heterocycles. The number of halogens is 2. The number of esters is 1. The molecule has 3 aromatic rings. The van der Waals surface area contributed by atoms with Crippen molar-refractivity contribution in [2.45, 2.75) is 75.1 Å². The van der Waals surface area contributed by atoms with Gasteiger partial charge in [0.2, 0.25) is 5.95 Å². The van der Waals surface area contributed by atoms with Crippen molar-refractivity contribution in [3.8, 4) is 5.75 Å². The molecule has 1 saturated carbocycles.